The zero-order chi connectivity index (χ0) is 17.9. The molecule has 24 heavy (non-hydrogen) atoms. The van der Waals surface area contributed by atoms with E-state index in [0.717, 1.165) is 32.1 Å². The number of hydrogen-bond donors (Lipinski definition) is 1. The molecule has 0 aromatic rings. The van der Waals surface area contributed by atoms with Crippen molar-refractivity contribution in [3.63, 3.8) is 0 Å². The number of carbonyl (C=O) groups is 2. The molecule has 0 fully saturated rings. The van der Waals surface area contributed by atoms with Gasteiger partial charge in [0.2, 0.25) is 5.91 Å². The molecule has 0 radical (unpaired) electrons. The Morgan fingerprint density at radius 1 is 0.875 bits per heavy atom. The quantitative estimate of drug-likeness (QED) is 0.232. The fourth-order valence-electron chi connectivity index (χ4n) is 2.53. The van der Waals surface area contributed by atoms with Gasteiger partial charge in [0, 0.05) is 13.0 Å². The monoisotopic (exact) mass is 339 g/mol. The van der Waals surface area contributed by atoms with Gasteiger partial charge < -0.3 is 10.1 Å². The summed E-state index contributed by atoms with van der Waals surface area (Å²) in [7, 11) is 0. The summed E-state index contributed by atoms with van der Waals surface area (Å²) in [6.45, 7) is 6.83. The molecule has 0 rings (SSSR count). The highest BCUT2D eigenvalue weighted by atomic mass is 16.5. The summed E-state index contributed by atoms with van der Waals surface area (Å²) >= 11 is 0. The van der Waals surface area contributed by atoms with Gasteiger partial charge in [0.15, 0.2) is 0 Å². The van der Waals surface area contributed by atoms with E-state index in [9.17, 15) is 9.59 Å². The van der Waals surface area contributed by atoms with Gasteiger partial charge in [-0.25, -0.2) is 0 Å². The van der Waals surface area contributed by atoms with Crippen molar-refractivity contribution in [2.24, 2.45) is 0 Å². The fraction of sp³-hybridized carbons (Fsp3) is 0.800. The van der Waals surface area contributed by atoms with Gasteiger partial charge in [-0.3, -0.25) is 9.59 Å². The number of esters is 1. The third-order valence-corrected chi connectivity index (χ3v) is 4.05. The van der Waals surface area contributed by atoms with Crippen molar-refractivity contribution >= 4 is 11.9 Å². The average Bonchev–Trinajstić information content (AvgIpc) is 2.59. The smallest absolute Gasteiger partial charge is 0.305 e. The number of carbonyl (C=O) groups excluding carboxylic acids is 2. The van der Waals surface area contributed by atoms with Crippen LogP contribution < -0.4 is 5.32 Å². The highest BCUT2D eigenvalue weighted by Gasteiger charge is 2.02. The molecule has 0 saturated carbocycles. The minimum absolute atomic E-state index is 0.0929. The first-order chi connectivity index (χ1) is 11.7. The molecule has 0 aliphatic carbocycles. The van der Waals surface area contributed by atoms with E-state index in [2.05, 4.69) is 18.8 Å². The minimum atomic E-state index is -0.143. The molecule has 1 amide bonds. The van der Waals surface area contributed by atoms with Crippen LogP contribution in [0, 0.1) is 0 Å². The Bertz CT molecular complexity index is 329. The van der Waals surface area contributed by atoms with Gasteiger partial charge in [0.1, 0.15) is 0 Å². The minimum Gasteiger partial charge on any atom is -0.466 e. The standard InChI is InChI=1S/C20H37NO3/c1-3-5-6-7-8-9-10-11-15-18-24-20(23)16-13-12-14-17-21-19(22)4-2/h4H,2-3,5-18H2,1H3,(H,21,22). The summed E-state index contributed by atoms with van der Waals surface area (Å²) in [5.41, 5.74) is 0. The highest BCUT2D eigenvalue weighted by Crippen LogP contribution is 2.09. The Hall–Kier alpha value is -1.32. The van der Waals surface area contributed by atoms with Crippen LogP contribution in [0.3, 0.4) is 0 Å². The molecule has 0 aliphatic heterocycles. The lowest BCUT2D eigenvalue weighted by molar-refractivity contribution is -0.143. The number of hydrogen-bond acceptors (Lipinski definition) is 3. The molecule has 0 heterocycles. The molecule has 0 atom stereocenters. The number of rotatable bonds is 17. The molecule has 0 spiro atoms. The first-order valence-corrected chi connectivity index (χ1v) is 9.76. The van der Waals surface area contributed by atoms with Crippen LogP contribution >= 0.6 is 0 Å². The van der Waals surface area contributed by atoms with Gasteiger partial charge in [-0.2, -0.15) is 0 Å². The summed E-state index contributed by atoms with van der Waals surface area (Å²) in [6.07, 6.45) is 15.8. The second kappa shape index (κ2) is 18.0. The Labute approximate surface area is 148 Å². The first kappa shape index (κ1) is 22.7. The normalized spacial score (nSPS) is 10.4. The number of ether oxygens (including phenoxy) is 1. The lowest BCUT2D eigenvalue weighted by Crippen LogP contribution is -2.21. The molecule has 1 N–H and O–H groups in total. The van der Waals surface area contributed by atoms with E-state index in [1.54, 1.807) is 0 Å². The molecule has 0 saturated heterocycles. The largest absolute Gasteiger partial charge is 0.466 e. The van der Waals surface area contributed by atoms with Crippen molar-refractivity contribution in [1.29, 1.82) is 0 Å². The van der Waals surface area contributed by atoms with Crippen molar-refractivity contribution in [2.75, 3.05) is 13.2 Å². The number of amides is 1. The van der Waals surface area contributed by atoms with E-state index in [1.807, 2.05) is 0 Å². The third-order valence-electron chi connectivity index (χ3n) is 4.05. The van der Waals surface area contributed by atoms with E-state index in [0.29, 0.717) is 19.6 Å². The Morgan fingerprint density at radius 2 is 1.46 bits per heavy atom. The molecular weight excluding hydrogens is 302 g/mol. The van der Waals surface area contributed by atoms with Crippen LogP contribution in [-0.4, -0.2) is 25.0 Å². The van der Waals surface area contributed by atoms with Gasteiger partial charge in [-0.1, -0.05) is 71.3 Å². The zero-order valence-electron chi connectivity index (χ0n) is 15.6. The van der Waals surface area contributed by atoms with Crippen LogP contribution in [-0.2, 0) is 14.3 Å². The van der Waals surface area contributed by atoms with Crippen LogP contribution in [0.4, 0.5) is 0 Å². The van der Waals surface area contributed by atoms with Crippen molar-refractivity contribution in [3.05, 3.63) is 12.7 Å². The van der Waals surface area contributed by atoms with Gasteiger partial charge in [-0.15, -0.1) is 0 Å². The zero-order valence-corrected chi connectivity index (χ0v) is 15.6. The maximum Gasteiger partial charge on any atom is 0.305 e. The third kappa shape index (κ3) is 17.0. The lowest BCUT2D eigenvalue weighted by atomic mass is 10.1. The van der Waals surface area contributed by atoms with Crippen LogP contribution in [0.5, 0.6) is 0 Å². The molecule has 0 aromatic carbocycles. The van der Waals surface area contributed by atoms with Crippen LogP contribution in [0.25, 0.3) is 0 Å². The van der Waals surface area contributed by atoms with E-state index in [4.69, 9.17) is 4.74 Å². The Balaban J connectivity index is 3.21. The Kier molecular flexibility index (Phi) is 17.0. The van der Waals surface area contributed by atoms with E-state index >= 15 is 0 Å². The molecule has 0 aliphatic rings. The van der Waals surface area contributed by atoms with Crippen LogP contribution in [0.1, 0.15) is 90.4 Å². The van der Waals surface area contributed by atoms with Crippen LogP contribution in [0.2, 0.25) is 0 Å². The van der Waals surface area contributed by atoms with Gasteiger partial charge in [0.25, 0.3) is 0 Å². The maximum absolute atomic E-state index is 11.6. The lowest BCUT2D eigenvalue weighted by Gasteiger charge is -2.05. The van der Waals surface area contributed by atoms with E-state index in [1.165, 1.54) is 51.0 Å². The summed E-state index contributed by atoms with van der Waals surface area (Å²) in [4.78, 5) is 22.5. The predicted octanol–water partition coefficient (Wildman–Crippen LogP) is 4.92. The molecule has 0 bridgehead atoms. The summed E-state index contributed by atoms with van der Waals surface area (Å²) < 4.78 is 5.24. The number of unbranched alkanes of at least 4 members (excludes halogenated alkanes) is 10. The fourth-order valence-corrected chi connectivity index (χ4v) is 2.53. The Morgan fingerprint density at radius 3 is 2.08 bits per heavy atom. The summed E-state index contributed by atoms with van der Waals surface area (Å²) in [5, 5.41) is 2.72. The molecule has 0 unspecified atom stereocenters. The SMILES string of the molecule is C=CC(=O)NCCCCCC(=O)OCCCCCCCCCCC. The van der Waals surface area contributed by atoms with Gasteiger partial charge in [0.05, 0.1) is 6.61 Å². The van der Waals surface area contributed by atoms with Gasteiger partial charge in [-0.05, 0) is 25.3 Å². The van der Waals surface area contributed by atoms with E-state index in [-0.39, 0.29) is 11.9 Å². The highest BCUT2D eigenvalue weighted by molar-refractivity contribution is 5.86. The molecule has 0 aromatic heterocycles. The summed E-state index contributed by atoms with van der Waals surface area (Å²) in [5.74, 6) is -0.236. The second-order valence-electron chi connectivity index (χ2n) is 6.35. The van der Waals surface area contributed by atoms with Crippen molar-refractivity contribution < 1.29 is 14.3 Å². The van der Waals surface area contributed by atoms with Crippen LogP contribution in [0.15, 0.2) is 12.7 Å². The second-order valence-corrected chi connectivity index (χ2v) is 6.35. The molecular formula is C20H37NO3. The topological polar surface area (TPSA) is 55.4 Å². The van der Waals surface area contributed by atoms with Crippen molar-refractivity contribution in [3.8, 4) is 0 Å². The molecule has 4 nitrogen and oxygen atoms in total. The van der Waals surface area contributed by atoms with Gasteiger partial charge >= 0.3 is 5.97 Å². The number of nitrogens with one attached hydrogen (secondary N) is 1. The average molecular weight is 340 g/mol. The maximum atomic E-state index is 11.6. The van der Waals surface area contributed by atoms with E-state index < -0.39 is 0 Å². The summed E-state index contributed by atoms with van der Waals surface area (Å²) in [6, 6.07) is 0. The first-order valence-electron chi connectivity index (χ1n) is 9.76. The molecule has 140 valence electrons. The molecule has 4 heteroatoms. The predicted molar refractivity (Wildman–Crippen MR) is 99.9 cm³/mol. The van der Waals surface area contributed by atoms with Crippen molar-refractivity contribution in [2.45, 2.75) is 90.4 Å². The van der Waals surface area contributed by atoms with Crippen molar-refractivity contribution in [1.82, 2.24) is 5.32 Å².